The highest BCUT2D eigenvalue weighted by Gasteiger charge is 2.36. The van der Waals surface area contributed by atoms with Gasteiger partial charge in [0.15, 0.2) is 0 Å². The van der Waals surface area contributed by atoms with Gasteiger partial charge in [-0.15, -0.1) is 0 Å². The molecule has 1 aromatic heterocycles. The third-order valence-electron chi connectivity index (χ3n) is 4.75. The summed E-state index contributed by atoms with van der Waals surface area (Å²) in [6.45, 7) is 1.91. The number of ether oxygens (including phenoxy) is 2. The minimum Gasteiger partial charge on any atom is -0.497 e. The highest BCUT2D eigenvalue weighted by molar-refractivity contribution is 9.10. The lowest BCUT2D eigenvalue weighted by atomic mass is 9.84. The zero-order chi connectivity index (χ0) is 19.8. The second kappa shape index (κ2) is 7.06. The normalized spacial score (nSPS) is 15.6. The van der Waals surface area contributed by atoms with Crippen LogP contribution in [0.5, 0.6) is 11.6 Å². The molecule has 0 amide bonds. The highest BCUT2D eigenvalue weighted by atomic mass is 79.9. The van der Waals surface area contributed by atoms with Crippen LogP contribution in [0, 0.1) is 18.3 Å². The lowest BCUT2D eigenvalue weighted by molar-refractivity contribution is 0.367. The fourth-order valence-electron chi connectivity index (χ4n) is 3.40. The number of nitrogens with two attached hydrogens (primary N) is 1. The Kier molecular flexibility index (Phi) is 4.57. The molecule has 4 rings (SSSR count). The van der Waals surface area contributed by atoms with Crippen molar-refractivity contribution in [2.45, 2.75) is 12.8 Å². The Morgan fingerprint density at radius 1 is 1.18 bits per heavy atom. The molecule has 0 saturated carbocycles. The summed E-state index contributed by atoms with van der Waals surface area (Å²) >= 11 is 3.44. The predicted octanol–water partition coefficient (Wildman–Crippen LogP) is 4.17. The average Bonchev–Trinajstić information content (AvgIpc) is 3.03. The van der Waals surface area contributed by atoms with Crippen LogP contribution in [0.1, 0.15) is 22.7 Å². The van der Waals surface area contributed by atoms with Gasteiger partial charge in [0.1, 0.15) is 17.4 Å². The van der Waals surface area contributed by atoms with E-state index in [1.54, 1.807) is 11.8 Å². The van der Waals surface area contributed by atoms with Crippen molar-refractivity contribution in [2.24, 2.45) is 5.73 Å². The van der Waals surface area contributed by atoms with Crippen molar-refractivity contribution in [3.8, 4) is 23.4 Å². The molecule has 2 aromatic carbocycles. The van der Waals surface area contributed by atoms with E-state index in [0.29, 0.717) is 11.5 Å². The molecule has 6 nitrogen and oxygen atoms in total. The van der Waals surface area contributed by atoms with Crippen molar-refractivity contribution in [1.29, 1.82) is 5.26 Å². The molecular formula is C21H17BrN4O2. The van der Waals surface area contributed by atoms with Crippen LogP contribution in [0.2, 0.25) is 0 Å². The van der Waals surface area contributed by atoms with E-state index >= 15 is 0 Å². The Morgan fingerprint density at radius 2 is 1.86 bits per heavy atom. The first kappa shape index (κ1) is 18.1. The van der Waals surface area contributed by atoms with E-state index in [9.17, 15) is 5.26 Å². The lowest BCUT2D eigenvalue weighted by Crippen LogP contribution is -2.22. The summed E-state index contributed by atoms with van der Waals surface area (Å²) in [7, 11) is 1.62. The maximum Gasteiger partial charge on any atom is 0.229 e. The molecule has 0 spiro atoms. The van der Waals surface area contributed by atoms with Gasteiger partial charge in [0.05, 0.1) is 30.0 Å². The number of hydrogen-bond acceptors (Lipinski definition) is 5. The Bertz CT molecular complexity index is 1110. The van der Waals surface area contributed by atoms with Gasteiger partial charge >= 0.3 is 0 Å². The maximum atomic E-state index is 9.74. The van der Waals surface area contributed by atoms with Crippen LogP contribution in [0.4, 0.5) is 0 Å². The Hall–Kier alpha value is -3.24. The van der Waals surface area contributed by atoms with Crippen LogP contribution in [0.25, 0.3) is 5.69 Å². The van der Waals surface area contributed by atoms with Crippen molar-refractivity contribution >= 4 is 15.9 Å². The summed E-state index contributed by atoms with van der Waals surface area (Å²) in [6.07, 6.45) is 0. The molecule has 0 unspecified atom stereocenters. The summed E-state index contributed by atoms with van der Waals surface area (Å²) in [5, 5.41) is 14.4. The fourth-order valence-corrected chi connectivity index (χ4v) is 3.67. The van der Waals surface area contributed by atoms with Gasteiger partial charge in [0.25, 0.3) is 0 Å². The van der Waals surface area contributed by atoms with Gasteiger partial charge in [-0.1, -0.05) is 28.1 Å². The lowest BCUT2D eigenvalue weighted by Gasteiger charge is -2.25. The molecule has 3 aromatic rings. The number of aromatic nitrogens is 2. The number of aryl methyl sites for hydroxylation is 1. The first-order valence-corrected chi connectivity index (χ1v) is 9.39. The number of rotatable bonds is 3. The predicted molar refractivity (Wildman–Crippen MR) is 108 cm³/mol. The third-order valence-corrected chi connectivity index (χ3v) is 5.28. The van der Waals surface area contributed by atoms with E-state index in [-0.39, 0.29) is 11.8 Å². The summed E-state index contributed by atoms with van der Waals surface area (Å²) in [4.78, 5) is 0. The van der Waals surface area contributed by atoms with E-state index in [1.807, 2.05) is 55.5 Å². The van der Waals surface area contributed by atoms with Gasteiger partial charge < -0.3 is 15.2 Å². The Balaban J connectivity index is 1.91. The molecule has 140 valence electrons. The third kappa shape index (κ3) is 2.92. The molecule has 0 radical (unpaired) electrons. The van der Waals surface area contributed by atoms with Crippen molar-refractivity contribution in [3.63, 3.8) is 0 Å². The van der Waals surface area contributed by atoms with Gasteiger partial charge in [-0.25, -0.2) is 4.68 Å². The standard InChI is InChI=1S/C21H17BrN4O2/c1-12-18-19(13-3-9-16(27-2)10-4-13)17(11-23)20(24)28-21(18)26(25-12)15-7-5-14(22)6-8-15/h3-10,19H,24H2,1-2H3/t19-/m1/s1. The molecule has 28 heavy (non-hydrogen) atoms. The molecule has 7 heteroatoms. The fraction of sp³-hybridized carbons (Fsp3) is 0.143. The van der Waals surface area contributed by atoms with Crippen molar-refractivity contribution in [1.82, 2.24) is 9.78 Å². The van der Waals surface area contributed by atoms with Crippen LogP contribution in [-0.2, 0) is 0 Å². The zero-order valence-electron chi connectivity index (χ0n) is 15.3. The van der Waals surface area contributed by atoms with Gasteiger partial charge in [-0.05, 0) is 48.9 Å². The number of benzene rings is 2. The minimum atomic E-state index is -0.358. The second-order valence-corrected chi connectivity index (χ2v) is 7.31. The van der Waals surface area contributed by atoms with Gasteiger partial charge in [-0.2, -0.15) is 10.4 Å². The van der Waals surface area contributed by atoms with E-state index in [0.717, 1.165) is 32.7 Å². The summed E-state index contributed by atoms with van der Waals surface area (Å²) < 4.78 is 13.8. The van der Waals surface area contributed by atoms with Crippen LogP contribution in [0.15, 0.2) is 64.5 Å². The number of halogens is 1. The van der Waals surface area contributed by atoms with Gasteiger partial charge in [0.2, 0.25) is 11.8 Å². The van der Waals surface area contributed by atoms with Crippen molar-refractivity contribution in [2.75, 3.05) is 7.11 Å². The van der Waals surface area contributed by atoms with Gasteiger partial charge in [0, 0.05) is 4.47 Å². The number of methoxy groups -OCH3 is 1. The maximum absolute atomic E-state index is 9.74. The highest BCUT2D eigenvalue weighted by Crippen LogP contribution is 2.44. The second-order valence-electron chi connectivity index (χ2n) is 6.39. The quantitative estimate of drug-likeness (QED) is 0.665. The SMILES string of the molecule is COc1ccc([C@@H]2C(C#N)=C(N)Oc3c2c(C)nn3-c2ccc(Br)cc2)cc1. The first-order valence-electron chi connectivity index (χ1n) is 8.60. The van der Waals surface area contributed by atoms with E-state index in [1.165, 1.54) is 0 Å². The number of nitrogens with zero attached hydrogens (tertiary/aromatic N) is 3. The van der Waals surface area contributed by atoms with E-state index in [4.69, 9.17) is 15.2 Å². The first-order chi connectivity index (χ1) is 13.5. The number of hydrogen-bond donors (Lipinski definition) is 1. The molecule has 2 heterocycles. The van der Waals surface area contributed by atoms with Crippen molar-refractivity contribution in [3.05, 3.63) is 81.3 Å². The molecular weight excluding hydrogens is 420 g/mol. The molecule has 1 aliphatic heterocycles. The van der Waals surface area contributed by atoms with Crippen LogP contribution in [0.3, 0.4) is 0 Å². The zero-order valence-corrected chi connectivity index (χ0v) is 16.9. The topological polar surface area (TPSA) is 86.1 Å². The summed E-state index contributed by atoms with van der Waals surface area (Å²) in [5.74, 6) is 1.00. The monoisotopic (exact) mass is 436 g/mol. The van der Waals surface area contributed by atoms with Crippen molar-refractivity contribution < 1.29 is 9.47 Å². The van der Waals surface area contributed by atoms with Crippen LogP contribution < -0.4 is 15.2 Å². The average molecular weight is 437 g/mol. The molecule has 1 aliphatic rings. The van der Waals surface area contributed by atoms with E-state index < -0.39 is 0 Å². The Morgan fingerprint density at radius 3 is 2.46 bits per heavy atom. The summed E-state index contributed by atoms with van der Waals surface area (Å²) in [5.41, 5.74) is 9.87. The molecule has 1 atom stereocenters. The molecule has 0 fully saturated rings. The number of allylic oxidation sites excluding steroid dienone is 1. The molecule has 0 aliphatic carbocycles. The number of fused-ring (bicyclic) bond motifs is 1. The van der Waals surface area contributed by atoms with Crippen LogP contribution >= 0.6 is 15.9 Å². The smallest absolute Gasteiger partial charge is 0.229 e. The Labute approximate surface area is 170 Å². The van der Waals surface area contributed by atoms with E-state index in [2.05, 4.69) is 27.1 Å². The molecule has 2 N–H and O–H groups in total. The molecule has 0 saturated heterocycles. The van der Waals surface area contributed by atoms with Crippen LogP contribution in [-0.4, -0.2) is 16.9 Å². The number of nitriles is 1. The van der Waals surface area contributed by atoms with Gasteiger partial charge in [-0.3, -0.25) is 0 Å². The summed E-state index contributed by atoms with van der Waals surface area (Å²) in [6, 6.07) is 17.5. The largest absolute Gasteiger partial charge is 0.497 e. The minimum absolute atomic E-state index is 0.0917. The molecule has 0 bridgehead atoms.